The Kier molecular flexibility index (Phi) is 2.33. The minimum absolute atomic E-state index is 0.0723. The van der Waals surface area contributed by atoms with Crippen LogP contribution in [-0.2, 0) is 17.8 Å². The second kappa shape index (κ2) is 3.74. The molecular formula is C13H15NO3. The Balaban J connectivity index is 2.15. The maximum absolute atomic E-state index is 11.8. The van der Waals surface area contributed by atoms with Crippen LogP contribution >= 0.6 is 0 Å². The summed E-state index contributed by atoms with van der Waals surface area (Å²) in [5.74, 6) is 0.443. The lowest BCUT2D eigenvalue weighted by Crippen LogP contribution is -2.29. The fourth-order valence-corrected chi connectivity index (χ4v) is 2.34. The summed E-state index contributed by atoms with van der Waals surface area (Å²) in [6, 6.07) is 1.70. The number of aromatic amines is 1. The maximum Gasteiger partial charge on any atom is 0.259 e. The molecule has 1 unspecified atom stereocenters. The van der Waals surface area contributed by atoms with Gasteiger partial charge < -0.3 is 14.1 Å². The molecule has 0 saturated heterocycles. The van der Waals surface area contributed by atoms with Crippen molar-refractivity contribution < 1.29 is 9.15 Å². The lowest BCUT2D eigenvalue weighted by molar-refractivity contribution is -0.00124. The van der Waals surface area contributed by atoms with Gasteiger partial charge >= 0.3 is 0 Å². The van der Waals surface area contributed by atoms with Crippen LogP contribution in [0.15, 0.2) is 21.5 Å². The number of nitrogens with one attached hydrogen (secondary N) is 1. The van der Waals surface area contributed by atoms with Crippen LogP contribution < -0.4 is 5.56 Å². The van der Waals surface area contributed by atoms with E-state index >= 15 is 0 Å². The number of aromatic nitrogens is 1. The molecule has 0 bridgehead atoms. The molecule has 0 amide bonds. The van der Waals surface area contributed by atoms with Crippen LogP contribution in [0.25, 0.3) is 11.0 Å². The molecule has 17 heavy (non-hydrogen) atoms. The van der Waals surface area contributed by atoms with E-state index in [2.05, 4.69) is 18.8 Å². The zero-order chi connectivity index (χ0) is 12.0. The zero-order valence-electron chi connectivity index (χ0n) is 9.95. The summed E-state index contributed by atoms with van der Waals surface area (Å²) in [4.78, 5) is 14.8. The predicted molar refractivity (Wildman–Crippen MR) is 64.0 cm³/mol. The summed E-state index contributed by atoms with van der Waals surface area (Å²) in [7, 11) is 0. The van der Waals surface area contributed by atoms with Crippen molar-refractivity contribution in [2.75, 3.05) is 0 Å². The second-order valence-corrected chi connectivity index (χ2v) is 4.87. The number of furan rings is 1. The van der Waals surface area contributed by atoms with Gasteiger partial charge in [0.15, 0.2) is 0 Å². The molecule has 3 rings (SSSR count). The Labute approximate surface area is 98.6 Å². The van der Waals surface area contributed by atoms with E-state index in [1.807, 2.05) is 0 Å². The minimum Gasteiger partial charge on any atom is -0.464 e. The van der Waals surface area contributed by atoms with E-state index in [-0.39, 0.29) is 11.7 Å². The van der Waals surface area contributed by atoms with Crippen LogP contribution in [0, 0.1) is 5.92 Å². The van der Waals surface area contributed by atoms with Gasteiger partial charge in [-0.3, -0.25) is 4.79 Å². The lowest BCUT2D eigenvalue weighted by Gasteiger charge is -2.27. The van der Waals surface area contributed by atoms with Gasteiger partial charge in [0.25, 0.3) is 5.56 Å². The van der Waals surface area contributed by atoms with Crippen LogP contribution in [0.2, 0.25) is 0 Å². The molecule has 1 aliphatic rings. The Hall–Kier alpha value is -1.55. The third kappa shape index (κ3) is 1.60. The van der Waals surface area contributed by atoms with Crippen molar-refractivity contribution in [1.82, 2.24) is 4.98 Å². The number of hydrogen-bond donors (Lipinski definition) is 1. The standard InChI is InChI=1S/C13H15NO3/c1-7(2)11-5-10-9(6-17-11)12-8(3-4-16-12)13(15)14-10/h3-4,7,11H,5-6H2,1-2H3,(H,14,15). The summed E-state index contributed by atoms with van der Waals surface area (Å²) >= 11 is 0. The first-order chi connectivity index (χ1) is 8.16. The molecule has 1 aliphatic heterocycles. The fraction of sp³-hybridized carbons (Fsp3) is 0.462. The number of fused-ring (bicyclic) bond motifs is 3. The molecule has 90 valence electrons. The minimum atomic E-state index is -0.0723. The van der Waals surface area contributed by atoms with E-state index in [0.717, 1.165) is 17.7 Å². The SMILES string of the molecule is CC(C)C1Cc2[nH]c(=O)c3ccoc3c2CO1. The van der Waals surface area contributed by atoms with E-state index in [0.29, 0.717) is 23.5 Å². The third-order valence-corrected chi connectivity index (χ3v) is 3.40. The number of ether oxygens (including phenoxy) is 1. The van der Waals surface area contributed by atoms with E-state index in [9.17, 15) is 4.79 Å². The second-order valence-electron chi connectivity index (χ2n) is 4.87. The van der Waals surface area contributed by atoms with Crippen LogP contribution in [-0.4, -0.2) is 11.1 Å². The highest BCUT2D eigenvalue weighted by Crippen LogP contribution is 2.27. The van der Waals surface area contributed by atoms with Gasteiger partial charge in [-0.1, -0.05) is 13.8 Å². The van der Waals surface area contributed by atoms with Gasteiger partial charge in [-0.2, -0.15) is 0 Å². The molecular weight excluding hydrogens is 218 g/mol. The third-order valence-electron chi connectivity index (χ3n) is 3.40. The van der Waals surface area contributed by atoms with Crippen LogP contribution in [0.5, 0.6) is 0 Å². The summed E-state index contributed by atoms with van der Waals surface area (Å²) in [5.41, 5.74) is 2.55. The molecule has 4 nitrogen and oxygen atoms in total. The molecule has 4 heteroatoms. The lowest BCUT2D eigenvalue weighted by atomic mass is 9.96. The summed E-state index contributed by atoms with van der Waals surface area (Å²) in [5, 5.41) is 0.607. The highest BCUT2D eigenvalue weighted by atomic mass is 16.5. The first-order valence-electron chi connectivity index (χ1n) is 5.89. The number of hydrogen-bond acceptors (Lipinski definition) is 3. The van der Waals surface area contributed by atoms with Gasteiger partial charge in [0.2, 0.25) is 0 Å². The fourth-order valence-electron chi connectivity index (χ4n) is 2.34. The van der Waals surface area contributed by atoms with Gasteiger partial charge in [-0.25, -0.2) is 0 Å². The summed E-state index contributed by atoms with van der Waals surface area (Å²) in [6.07, 6.45) is 2.47. The van der Waals surface area contributed by atoms with Crippen molar-refractivity contribution >= 4 is 11.0 Å². The highest BCUT2D eigenvalue weighted by Gasteiger charge is 2.25. The van der Waals surface area contributed by atoms with Crippen molar-refractivity contribution in [3.63, 3.8) is 0 Å². The number of H-pyrrole nitrogens is 1. The first-order valence-corrected chi connectivity index (χ1v) is 5.89. The zero-order valence-corrected chi connectivity index (χ0v) is 9.95. The molecule has 0 radical (unpaired) electrons. The monoisotopic (exact) mass is 233 g/mol. The average Bonchev–Trinajstić information content (AvgIpc) is 2.78. The molecule has 2 aromatic rings. The van der Waals surface area contributed by atoms with Crippen molar-refractivity contribution in [2.45, 2.75) is 33.0 Å². The van der Waals surface area contributed by atoms with Crippen molar-refractivity contribution in [2.24, 2.45) is 5.92 Å². The van der Waals surface area contributed by atoms with Crippen LogP contribution in [0.3, 0.4) is 0 Å². The van der Waals surface area contributed by atoms with Crippen LogP contribution in [0.1, 0.15) is 25.1 Å². The Bertz CT molecular complexity index is 609. The molecule has 0 spiro atoms. The molecule has 1 atom stereocenters. The van der Waals surface area contributed by atoms with Crippen molar-refractivity contribution in [1.29, 1.82) is 0 Å². The molecule has 0 aliphatic carbocycles. The molecule has 2 aromatic heterocycles. The molecule has 0 fully saturated rings. The number of pyridine rings is 1. The van der Waals surface area contributed by atoms with Gasteiger partial charge in [0.1, 0.15) is 5.58 Å². The Morgan fingerprint density at radius 2 is 2.29 bits per heavy atom. The Morgan fingerprint density at radius 3 is 3.06 bits per heavy atom. The number of rotatable bonds is 1. The van der Waals surface area contributed by atoms with E-state index < -0.39 is 0 Å². The molecule has 3 heterocycles. The van der Waals surface area contributed by atoms with Gasteiger partial charge in [-0.05, 0) is 12.0 Å². The molecule has 0 aromatic carbocycles. The smallest absolute Gasteiger partial charge is 0.259 e. The first kappa shape index (κ1) is 10.6. The van der Waals surface area contributed by atoms with Gasteiger partial charge in [-0.15, -0.1) is 0 Å². The van der Waals surface area contributed by atoms with Crippen molar-refractivity contribution in [3.8, 4) is 0 Å². The quantitative estimate of drug-likeness (QED) is 0.821. The predicted octanol–water partition coefficient (Wildman–Crippen LogP) is 2.22. The largest absolute Gasteiger partial charge is 0.464 e. The molecule has 0 saturated carbocycles. The normalized spacial score (nSPS) is 19.8. The van der Waals surface area contributed by atoms with E-state index in [4.69, 9.17) is 9.15 Å². The maximum atomic E-state index is 11.8. The summed E-state index contributed by atoms with van der Waals surface area (Å²) < 4.78 is 11.2. The highest BCUT2D eigenvalue weighted by molar-refractivity contribution is 5.79. The summed E-state index contributed by atoms with van der Waals surface area (Å²) in [6.45, 7) is 4.76. The van der Waals surface area contributed by atoms with Crippen molar-refractivity contribution in [3.05, 3.63) is 33.9 Å². The van der Waals surface area contributed by atoms with Crippen LogP contribution in [0.4, 0.5) is 0 Å². The van der Waals surface area contributed by atoms with E-state index in [1.54, 1.807) is 12.3 Å². The Morgan fingerprint density at radius 1 is 1.47 bits per heavy atom. The average molecular weight is 233 g/mol. The topological polar surface area (TPSA) is 55.2 Å². The van der Waals surface area contributed by atoms with Gasteiger partial charge in [0.05, 0.1) is 24.4 Å². The molecule has 1 N–H and O–H groups in total. The van der Waals surface area contributed by atoms with E-state index in [1.165, 1.54) is 0 Å². The van der Waals surface area contributed by atoms with Gasteiger partial charge in [0, 0.05) is 17.7 Å².